The van der Waals surface area contributed by atoms with E-state index >= 15 is 0 Å². The number of benzene rings is 1. The molecule has 0 spiro atoms. The Balaban J connectivity index is 1.40. The maximum absolute atomic E-state index is 12.4. The van der Waals surface area contributed by atoms with Gasteiger partial charge >= 0.3 is 6.61 Å². The average Bonchev–Trinajstić information content (AvgIpc) is 3.00. The number of ether oxygens (including phenoxy) is 1. The second-order valence-corrected chi connectivity index (χ2v) is 11.0. The summed E-state index contributed by atoms with van der Waals surface area (Å²) in [4.78, 5) is 0. The van der Waals surface area contributed by atoms with Gasteiger partial charge in [0.2, 0.25) is 0 Å². The van der Waals surface area contributed by atoms with Crippen LogP contribution >= 0.6 is 0 Å². The Labute approximate surface area is 189 Å². The Hall–Kier alpha value is -1.72. The van der Waals surface area contributed by atoms with Crippen LogP contribution in [0.1, 0.15) is 64.4 Å². The average molecular weight is 445 g/mol. The molecule has 4 aliphatic carbocycles. The van der Waals surface area contributed by atoms with Gasteiger partial charge in [-0.25, -0.2) is 0 Å². The minimum absolute atomic E-state index is 0.123. The van der Waals surface area contributed by atoms with Gasteiger partial charge in [0.25, 0.3) is 0 Å². The molecule has 0 bridgehead atoms. The molecule has 174 valence electrons. The molecule has 0 amide bonds. The highest BCUT2D eigenvalue weighted by Gasteiger charge is 2.59. The fraction of sp³-hybridized carbons (Fsp3) is 0.630. The van der Waals surface area contributed by atoms with Gasteiger partial charge in [0, 0.05) is 5.41 Å². The lowest BCUT2D eigenvalue weighted by Crippen LogP contribution is -2.51. The predicted molar refractivity (Wildman–Crippen MR) is 120 cm³/mol. The van der Waals surface area contributed by atoms with Crippen LogP contribution in [0.4, 0.5) is 8.78 Å². The number of allylic oxidation sites excluding steroid dienone is 1. The fourth-order valence-electron chi connectivity index (χ4n) is 7.60. The number of fused-ring (bicyclic) bond motifs is 5. The van der Waals surface area contributed by atoms with Gasteiger partial charge in [0.1, 0.15) is 5.75 Å². The lowest BCUT2D eigenvalue weighted by molar-refractivity contribution is -0.0685. The van der Waals surface area contributed by atoms with Gasteiger partial charge in [-0.2, -0.15) is 8.78 Å². The molecule has 1 aromatic carbocycles. The molecule has 0 saturated heterocycles. The summed E-state index contributed by atoms with van der Waals surface area (Å²) in [5.41, 5.74) is 3.47. The summed E-state index contributed by atoms with van der Waals surface area (Å²) in [5.74, 6) is 1.75. The van der Waals surface area contributed by atoms with Crippen LogP contribution in [0, 0.1) is 28.6 Å². The number of hydrogen-bond acceptors (Lipinski definition) is 3. The second kappa shape index (κ2) is 7.95. The Morgan fingerprint density at radius 2 is 1.78 bits per heavy atom. The number of alkyl halides is 2. The SMILES string of the molecule is C[C@]12CC[C@@H]3[C@H](CC=C4C[C@@H](O)CC[C@@]43C)[C@H]1C/C(=C/c1ccc(OC(F)F)cc1)[C@@H]2O. The molecule has 0 heterocycles. The zero-order valence-electron chi connectivity index (χ0n) is 18.9. The Bertz CT molecular complexity index is 923. The minimum atomic E-state index is -2.83. The number of aliphatic hydroxyl groups is 2. The zero-order valence-corrected chi connectivity index (χ0v) is 18.9. The van der Waals surface area contributed by atoms with Crippen LogP contribution in [-0.4, -0.2) is 29.0 Å². The molecule has 32 heavy (non-hydrogen) atoms. The van der Waals surface area contributed by atoms with Crippen molar-refractivity contribution in [1.29, 1.82) is 0 Å². The van der Waals surface area contributed by atoms with Crippen molar-refractivity contribution in [2.75, 3.05) is 0 Å². The molecule has 3 nitrogen and oxygen atoms in total. The monoisotopic (exact) mass is 444 g/mol. The van der Waals surface area contributed by atoms with Crippen LogP contribution < -0.4 is 4.74 Å². The molecule has 7 atom stereocenters. The Morgan fingerprint density at radius 3 is 2.50 bits per heavy atom. The van der Waals surface area contributed by atoms with E-state index in [1.54, 1.807) is 24.3 Å². The molecule has 0 aromatic heterocycles. The van der Waals surface area contributed by atoms with Crippen LogP contribution in [0.25, 0.3) is 6.08 Å². The summed E-state index contributed by atoms with van der Waals surface area (Å²) in [6, 6.07) is 6.65. The maximum atomic E-state index is 12.4. The first-order valence-corrected chi connectivity index (χ1v) is 12.0. The number of halogens is 2. The third-order valence-corrected chi connectivity index (χ3v) is 9.40. The van der Waals surface area contributed by atoms with E-state index in [1.165, 1.54) is 5.57 Å². The molecule has 3 saturated carbocycles. The van der Waals surface area contributed by atoms with E-state index in [9.17, 15) is 19.0 Å². The molecule has 5 rings (SSSR count). The summed E-state index contributed by atoms with van der Waals surface area (Å²) in [6.07, 6.45) is 10.6. The van der Waals surface area contributed by atoms with Crippen molar-refractivity contribution in [1.82, 2.24) is 0 Å². The van der Waals surface area contributed by atoms with E-state index in [1.807, 2.05) is 6.08 Å². The highest BCUT2D eigenvalue weighted by atomic mass is 19.3. The molecule has 0 radical (unpaired) electrons. The standard InChI is InChI=1S/C27H34F2O3/c1-26-11-9-19(30)15-18(26)5-8-21-22(26)10-12-27(2)23(21)14-17(24(27)31)13-16-3-6-20(7-4-16)32-25(28)29/h3-7,13,19,21-25,30-31H,8-12,14-15H2,1-2H3/b17-13-/t19-,21-,22+,23+,24-,26-,27-/m0/s1. The highest BCUT2D eigenvalue weighted by molar-refractivity contribution is 5.56. The van der Waals surface area contributed by atoms with Crippen molar-refractivity contribution in [3.05, 3.63) is 47.1 Å². The third-order valence-electron chi connectivity index (χ3n) is 9.40. The van der Waals surface area contributed by atoms with Gasteiger partial charge in [-0.15, -0.1) is 0 Å². The van der Waals surface area contributed by atoms with Gasteiger partial charge in [-0.1, -0.05) is 43.7 Å². The molecule has 3 fully saturated rings. The summed E-state index contributed by atoms with van der Waals surface area (Å²) in [7, 11) is 0. The predicted octanol–water partition coefficient (Wildman–Crippen LogP) is 5.97. The van der Waals surface area contributed by atoms with E-state index in [-0.39, 0.29) is 22.7 Å². The third kappa shape index (κ3) is 3.52. The smallest absolute Gasteiger partial charge is 0.387 e. The van der Waals surface area contributed by atoms with Crippen molar-refractivity contribution in [3.8, 4) is 5.75 Å². The number of rotatable bonds is 3. The van der Waals surface area contributed by atoms with Crippen molar-refractivity contribution in [2.45, 2.75) is 77.6 Å². The van der Waals surface area contributed by atoms with E-state index in [2.05, 4.69) is 24.7 Å². The topological polar surface area (TPSA) is 49.7 Å². The Kier molecular flexibility index (Phi) is 5.49. The number of aliphatic hydroxyl groups excluding tert-OH is 2. The van der Waals surface area contributed by atoms with Crippen molar-refractivity contribution in [2.24, 2.45) is 28.6 Å². The van der Waals surface area contributed by atoms with E-state index < -0.39 is 12.7 Å². The normalized spacial score (nSPS) is 42.3. The molecular formula is C27H34F2O3. The van der Waals surface area contributed by atoms with Gasteiger partial charge in [0.15, 0.2) is 0 Å². The molecule has 1 aromatic rings. The zero-order chi connectivity index (χ0) is 22.7. The minimum Gasteiger partial charge on any atom is -0.435 e. The van der Waals surface area contributed by atoms with Gasteiger partial charge in [-0.3, -0.25) is 0 Å². The van der Waals surface area contributed by atoms with Gasteiger partial charge in [-0.05, 0) is 91.4 Å². The summed E-state index contributed by atoms with van der Waals surface area (Å²) >= 11 is 0. The number of hydrogen-bond donors (Lipinski definition) is 2. The fourth-order valence-corrected chi connectivity index (χ4v) is 7.60. The maximum Gasteiger partial charge on any atom is 0.387 e. The molecule has 0 aliphatic heterocycles. The summed E-state index contributed by atoms with van der Waals surface area (Å²) < 4.78 is 29.3. The van der Waals surface area contributed by atoms with Crippen molar-refractivity contribution >= 4 is 6.08 Å². The van der Waals surface area contributed by atoms with Crippen molar-refractivity contribution in [3.63, 3.8) is 0 Å². The van der Waals surface area contributed by atoms with Gasteiger partial charge in [0.05, 0.1) is 12.2 Å². The quantitative estimate of drug-likeness (QED) is 0.565. The van der Waals surface area contributed by atoms with Crippen LogP contribution in [-0.2, 0) is 0 Å². The first-order chi connectivity index (χ1) is 15.2. The summed E-state index contributed by atoms with van der Waals surface area (Å²) in [5, 5.41) is 21.6. The highest BCUT2D eigenvalue weighted by Crippen LogP contribution is 2.65. The Morgan fingerprint density at radius 1 is 1.03 bits per heavy atom. The van der Waals surface area contributed by atoms with Gasteiger partial charge < -0.3 is 14.9 Å². The van der Waals surface area contributed by atoms with E-state index in [0.29, 0.717) is 17.8 Å². The molecule has 5 heteroatoms. The molecule has 2 N–H and O–H groups in total. The van der Waals surface area contributed by atoms with Crippen LogP contribution in [0.5, 0.6) is 5.75 Å². The molecule has 0 unspecified atom stereocenters. The van der Waals surface area contributed by atoms with E-state index in [4.69, 9.17) is 0 Å². The first-order valence-electron chi connectivity index (χ1n) is 12.0. The van der Waals surface area contributed by atoms with Crippen LogP contribution in [0.3, 0.4) is 0 Å². The molecular weight excluding hydrogens is 410 g/mol. The van der Waals surface area contributed by atoms with Crippen molar-refractivity contribution < 1.29 is 23.7 Å². The lowest BCUT2D eigenvalue weighted by Gasteiger charge is -2.57. The second-order valence-electron chi connectivity index (χ2n) is 11.0. The first kappa shape index (κ1) is 22.1. The summed E-state index contributed by atoms with van der Waals surface area (Å²) in [6.45, 7) is 1.84. The molecule has 4 aliphatic rings. The van der Waals surface area contributed by atoms with Crippen LogP contribution in [0.15, 0.2) is 41.5 Å². The van der Waals surface area contributed by atoms with Crippen LogP contribution in [0.2, 0.25) is 0 Å². The lowest BCUT2D eigenvalue weighted by atomic mass is 9.48. The van der Waals surface area contributed by atoms with E-state index in [0.717, 1.165) is 56.1 Å². The largest absolute Gasteiger partial charge is 0.435 e.